The third-order valence-corrected chi connectivity index (χ3v) is 4.44. The monoisotopic (exact) mass is 387 g/mol. The van der Waals surface area contributed by atoms with Gasteiger partial charge in [0.1, 0.15) is 0 Å². The molecule has 140 valence electrons. The van der Waals surface area contributed by atoms with Crippen molar-refractivity contribution in [1.29, 1.82) is 0 Å². The lowest BCUT2D eigenvalue weighted by Gasteiger charge is -2.25. The molecule has 1 aromatic carbocycles. The van der Waals surface area contributed by atoms with Gasteiger partial charge in [-0.15, -0.1) is 12.4 Å². The Morgan fingerprint density at radius 1 is 1.16 bits per heavy atom. The summed E-state index contributed by atoms with van der Waals surface area (Å²) in [5.74, 6) is 0.330. The number of amides is 2. The average molecular weight is 388 g/mol. The lowest BCUT2D eigenvalue weighted by molar-refractivity contribution is -0.132. The van der Waals surface area contributed by atoms with Gasteiger partial charge in [-0.25, -0.2) is 0 Å². The molecule has 5 nitrogen and oxygen atoms in total. The van der Waals surface area contributed by atoms with Gasteiger partial charge in [0.25, 0.3) is 5.91 Å². The summed E-state index contributed by atoms with van der Waals surface area (Å²) in [7, 11) is 0. The van der Waals surface area contributed by atoms with Crippen molar-refractivity contribution in [2.75, 3.05) is 26.2 Å². The van der Waals surface area contributed by atoms with Crippen LogP contribution in [0.1, 0.15) is 37.0 Å². The summed E-state index contributed by atoms with van der Waals surface area (Å²) >= 11 is 5.96. The summed E-state index contributed by atoms with van der Waals surface area (Å²) in [6.45, 7) is 6.43. The Kier molecular flexibility index (Phi) is 8.69. The SMILES string of the molecule is CC(C)C[C@H](N)C(=O)N1CCCN(C(=O)c2cccc(Cl)c2)CC1.Cl. The van der Waals surface area contributed by atoms with Crippen LogP contribution in [0.3, 0.4) is 0 Å². The van der Waals surface area contributed by atoms with E-state index < -0.39 is 6.04 Å². The van der Waals surface area contributed by atoms with E-state index in [1.54, 1.807) is 34.1 Å². The lowest BCUT2D eigenvalue weighted by atomic mass is 10.0. The summed E-state index contributed by atoms with van der Waals surface area (Å²) in [6.07, 6.45) is 1.44. The third-order valence-electron chi connectivity index (χ3n) is 4.21. The lowest BCUT2D eigenvalue weighted by Crippen LogP contribution is -2.46. The zero-order valence-electron chi connectivity index (χ0n) is 14.8. The van der Waals surface area contributed by atoms with E-state index in [-0.39, 0.29) is 24.2 Å². The van der Waals surface area contributed by atoms with Crippen molar-refractivity contribution in [2.24, 2.45) is 11.7 Å². The molecule has 2 rings (SSSR count). The summed E-state index contributed by atoms with van der Waals surface area (Å²) < 4.78 is 0. The van der Waals surface area contributed by atoms with Crippen molar-refractivity contribution in [3.05, 3.63) is 34.9 Å². The Morgan fingerprint density at radius 2 is 1.80 bits per heavy atom. The number of hydrogen-bond donors (Lipinski definition) is 1. The Hall–Kier alpha value is -1.30. The van der Waals surface area contributed by atoms with Crippen LogP contribution in [-0.4, -0.2) is 53.8 Å². The predicted molar refractivity (Wildman–Crippen MR) is 103 cm³/mol. The van der Waals surface area contributed by atoms with Crippen LogP contribution in [-0.2, 0) is 4.79 Å². The van der Waals surface area contributed by atoms with Crippen LogP contribution in [0, 0.1) is 5.92 Å². The molecule has 1 heterocycles. The molecule has 1 saturated heterocycles. The molecule has 2 N–H and O–H groups in total. The standard InChI is InChI=1S/C18H26ClN3O2.ClH/c1-13(2)11-16(20)18(24)22-8-4-7-21(9-10-22)17(23)14-5-3-6-15(19)12-14;/h3,5-6,12-13,16H,4,7-11,20H2,1-2H3;1H/t16-;/m0./s1. The Labute approximate surface area is 160 Å². The van der Waals surface area contributed by atoms with Gasteiger partial charge in [-0.1, -0.05) is 31.5 Å². The molecular formula is C18H27Cl2N3O2. The second-order valence-corrected chi connectivity index (χ2v) is 7.15. The molecule has 0 spiro atoms. The molecule has 25 heavy (non-hydrogen) atoms. The van der Waals surface area contributed by atoms with E-state index >= 15 is 0 Å². The van der Waals surface area contributed by atoms with E-state index in [1.165, 1.54) is 0 Å². The highest BCUT2D eigenvalue weighted by Crippen LogP contribution is 2.15. The van der Waals surface area contributed by atoms with Crippen LogP contribution in [0.5, 0.6) is 0 Å². The first-order valence-corrected chi connectivity index (χ1v) is 8.85. The Bertz CT molecular complexity index is 595. The first-order chi connectivity index (χ1) is 11.4. The van der Waals surface area contributed by atoms with E-state index in [9.17, 15) is 9.59 Å². The number of nitrogens with two attached hydrogens (primary N) is 1. The minimum atomic E-state index is -0.458. The molecule has 1 aromatic rings. The van der Waals surface area contributed by atoms with Crippen molar-refractivity contribution in [2.45, 2.75) is 32.7 Å². The first kappa shape index (κ1) is 21.7. The maximum atomic E-state index is 12.6. The maximum Gasteiger partial charge on any atom is 0.253 e. The maximum absolute atomic E-state index is 12.6. The average Bonchev–Trinajstić information content (AvgIpc) is 2.78. The van der Waals surface area contributed by atoms with Crippen LogP contribution >= 0.6 is 24.0 Å². The summed E-state index contributed by atoms with van der Waals surface area (Å²) in [4.78, 5) is 28.6. The van der Waals surface area contributed by atoms with Gasteiger partial charge in [0.15, 0.2) is 0 Å². The van der Waals surface area contributed by atoms with Gasteiger partial charge < -0.3 is 15.5 Å². The fourth-order valence-corrected chi connectivity index (χ4v) is 3.18. The van der Waals surface area contributed by atoms with Crippen LogP contribution in [0.15, 0.2) is 24.3 Å². The minimum Gasteiger partial charge on any atom is -0.340 e. The van der Waals surface area contributed by atoms with Gasteiger partial charge in [0, 0.05) is 36.8 Å². The van der Waals surface area contributed by atoms with Crippen LogP contribution < -0.4 is 5.73 Å². The van der Waals surface area contributed by atoms with Crippen molar-refractivity contribution in [1.82, 2.24) is 9.80 Å². The fourth-order valence-electron chi connectivity index (χ4n) is 2.99. The third kappa shape index (κ3) is 6.17. The zero-order chi connectivity index (χ0) is 17.7. The molecular weight excluding hydrogens is 361 g/mol. The number of nitrogens with zero attached hydrogens (tertiary/aromatic N) is 2. The smallest absolute Gasteiger partial charge is 0.253 e. The molecule has 2 amide bonds. The first-order valence-electron chi connectivity index (χ1n) is 8.47. The second-order valence-electron chi connectivity index (χ2n) is 6.72. The van der Waals surface area contributed by atoms with Gasteiger partial charge in [0.05, 0.1) is 6.04 Å². The summed E-state index contributed by atoms with van der Waals surface area (Å²) in [5, 5.41) is 0.548. The topological polar surface area (TPSA) is 66.6 Å². The quantitative estimate of drug-likeness (QED) is 0.863. The van der Waals surface area contributed by atoms with Gasteiger partial charge >= 0.3 is 0 Å². The van der Waals surface area contributed by atoms with E-state index in [2.05, 4.69) is 13.8 Å². The number of carbonyl (C=O) groups is 2. The number of halogens is 2. The molecule has 0 bridgehead atoms. The molecule has 7 heteroatoms. The Balaban J connectivity index is 0.00000312. The highest BCUT2D eigenvalue weighted by molar-refractivity contribution is 6.30. The number of benzene rings is 1. The summed E-state index contributed by atoms with van der Waals surface area (Å²) in [6, 6.07) is 6.50. The summed E-state index contributed by atoms with van der Waals surface area (Å²) in [5.41, 5.74) is 6.60. The van der Waals surface area contributed by atoms with Crippen LogP contribution in [0.2, 0.25) is 5.02 Å². The molecule has 1 atom stereocenters. The second kappa shape index (κ2) is 10.00. The van der Waals surface area contributed by atoms with Gasteiger partial charge in [-0.2, -0.15) is 0 Å². The van der Waals surface area contributed by atoms with Gasteiger partial charge in [-0.3, -0.25) is 9.59 Å². The van der Waals surface area contributed by atoms with Crippen molar-refractivity contribution < 1.29 is 9.59 Å². The predicted octanol–water partition coefficient (Wildman–Crippen LogP) is 2.81. The number of rotatable bonds is 4. The minimum absolute atomic E-state index is 0. The number of carbonyl (C=O) groups excluding carboxylic acids is 2. The van der Waals surface area contributed by atoms with E-state index in [4.69, 9.17) is 17.3 Å². The van der Waals surface area contributed by atoms with Crippen LogP contribution in [0.4, 0.5) is 0 Å². The highest BCUT2D eigenvalue weighted by Gasteiger charge is 2.26. The molecule has 1 fully saturated rings. The molecule has 0 unspecified atom stereocenters. The number of hydrogen-bond acceptors (Lipinski definition) is 3. The molecule has 1 aliphatic heterocycles. The van der Waals surface area contributed by atoms with E-state index in [0.717, 1.165) is 6.42 Å². The Morgan fingerprint density at radius 3 is 2.44 bits per heavy atom. The molecule has 0 aromatic heterocycles. The van der Waals surface area contributed by atoms with Crippen molar-refractivity contribution in [3.63, 3.8) is 0 Å². The zero-order valence-corrected chi connectivity index (χ0v) is 16.4. The molecule has 0 saturated carbocycles. The van der Waals surface area contributed by atoms with E-state index in [1.807, 2.05) is 0 Å². The van der Waals surface area contributed by atoms with Crippen LogP contribution in [0.25, 0.3) is 0 Å². The highest BCUT2D eigenvalue weighted by atomic mass is 35.5. The molecule has 0 aliphatic carbocycles. The normalized spacial score (nSPS) is 16.2. The van der Waals surface area contributed by atoms with Crippen molar-refractivity contribution in [3.8, 4) is 0 Å². The van der Waals surface area contributed by atoms with Crippen molar-refractivity contribution >= 4 is 35.8 Å². The molecule has 0 radical (unpaired) electrons. The van der Waals surface area contributed by atoms with Gasteiger partial charge in [0.2, 0.25) is 5.91 Å². The largest absolute Gasteiger partial charge is 0.340 e. The van der Waals surface area contributed by atoms with E-state index in [0.29, 0.717) is 49.1 Å². The fraction of sp³-hybridized carbons (Fsp3) is 0.556. The molecule has 1 aliphatic rings. The van der Waals surface area contributed by atoms with Gasteiger partial charge in [-0.05, 0) is 37.0 Å².